The molecule has 2 aromatic rings. The van der Waals surface area contributed by atoms with Crippen LogP contribution in [0.1, 0.15) is 16.2 Å². The number of hydrogen-bond acceptors (Lipinski definition) is 5. The maximum Gasteiger partial charge on any atom is 0.251 e. The van der Waals surface area contributed by atoms with Crippen LogP contribution in [0.15, 0.2) is 24.3 Å². The van der Waals surface area contributed by atoms with E-state index in [0.717, 1.165) is 17.9 Å². The Hall–Kier alpha value is -2.25. The van der Waals surface area contributed by atoms with Crippen molar-refractivity contribution in [3.8, 4) is 11.4 Å². The number of hydrogen-bond donors (Lipinski definition) is 4. The molecular formula is C15H19N5O2. The van der Waals surface area contributed by atoms with Gasteiger partial charge in [-0.3, -0.25) is 9.89 Å². The number of rotatable bonds is 4. The third kappa shape index (κ3) is 3.15. The number of amides is 1. The summed E-state index contributed by atoms with van der Waals surface area (Å²) in [6.07, 6.45) is -0.400. The van der Waals surface area contributed by atoms with Gasteiger partial charge in [0, 0.05) is 36.7 Å². The first-order valence-electron chi connectivity index (χ1n) is 7.30. The topological polar surface area (TPSA) is 103 Å². The van der Waals surface area contributed by atoms with Crippen molar-refractivity contribution in [2.75, 3.05) is 19.6 Å². The van der Waals surface area contributed by atoms with Crippen LogP contribution in [0.3, 0.4) is 0 Å². The van der Waals surface area contributed by atoms with Gasteiger partial charge in [-0.15, -0.1) is 0 Å². The van der Waals surface area contributed by atoms with Crippen molar-refractivity contribution in [2.45, 2.75) is 13.0 Å². The average Bonchev–Trinajstić information content (AvgIpc) is 3.13. The van der Waals surface area contributed by atoms with Crippen LogP contribution in [0.2, 0.25) is 0 Å². The van der Waals surface area contributed by atoms with Gasteiger partial charge >= 0.3 is 0 Å². The minimum Gasteiger partial charge on any atom is -0.391 e. The third-order valence-corrected chi connectivity index (χ3v) is 3.81. The molecule has 0 spiro atoms. The molecule has 3 rings (SSSR count). The van der Waals surface area contributed by atoms with E-state index in [4.69, 9.17) is 0 Å². The van der Waals surface area contributed by atoms with E-state index in [2.05, 4.69) is 25.8 Å². The van der Waals surface area contributed by atoms with Gasteiger partial charge < -0.3 is 15.7 Å². The Morgan fingerprint density at radius 3 is 3.00 bits per heavy atom. The molecule has 0 saturated carbocycles. The van der Waals surface area contributed by atoms with E-state index in [1.165, 1.54) is 0 Å². The summed E-state index contributed by atoms with van der Waals surface area (Å²) in [7, 11) is 0. The molecule has 1 aromatic carbocycles. The molecular weight excluding hydrogens is 282 g/mol. The second-order valence-electron chi connectivity index (χ2n) is 5.52. The van der Waals surface area contributed by atoms with Gasteiger partial charge in [-0.1, -0.05) is 12.1 Å². The zero-order chi connectivity index (χ0) is 15.5. The number of aromatic nitrogens is 3. The number of carbonyl (C=O) groups is 1. The van der Waals surface area contributed by atoms with Crippen LogP contribution in [-0.2, 0) is 0 Å². The fraction of sp³-hybridized carbons (Fsp3) is 0.400. The molecule has 2 atom stereocenters. The Balaban J connectivity index is 1.67. The highest BCUT2D eigenvalue weighted by atomic mass is 16.3. The van der Waals surface area contributed by atoms with Gasteiger partial charge in [0.05, 0.1) is 6.10 Å². The number of nitrogens with zero attached hydrogens (tertiary/aromatic N) is 2. The maximum atomic E-state index is 12.2. The SMILES string of the molecule is Cc1nc(-c2cccc(C(=O)NCC3CNCC3O)c2)n[nH]1. The molecule has 1 fully saturated rings. The van der Waals surface area contributed by atoms with Crippen LogP contribution in [0.25, 0.3) is 11.4 Å². The molecule has 1 amide bonds. The molecule has 2 heterocycles. The zero-order valence-corrected chi connectivity index (χ0v) is 12.3. The van der Waals surface area contributed by atoms with E-state index in [0.29, 0.717) is 24.5 Å². The summed E-state index contributed by atoms with van der Waals surface area (Å²) in [5.41, 5.74) is 1.35. The lowest BCUT2D eigenvalue weighted by Gasteiger charge is -2.14. The summed E-state index contributed by atoms with van der Waals surface area (Å²) in [6, 6.07) is 7.19. The van der Waals surface area contributed by atoms with E-state index < -0.39 is 6.10 Å². The molecule has 0 aliphatic carbocycles. The zero-order valence-electron chi connectivity index (χ0n) is 12.3. The molecule has 22 heavy (non-hydrogen) atoms. The van der Waals surface area contributed by atoms with Gasteiger partial charge in [-0.25, -0.2) is 4.98 Å². The van der Waals surface area contributed by atoms with E-state index >= 15 is 0 Å². The predicted octanol–water partition coefficient (Wildman–Crippen LogP) is 0.0902. The quantitative estimate of drug-likeness (QED) is 0.641. The Morgan fingerprint density at radius 1 is 1.45 bits per heavy atom. The first-order valence-corrected chi connectivity index (χ1v) is 7.30. The van der Waals surface area contributed by atoms with E-state index in [9.17, 15) is 9.90 Å². The fourth-order valence-corrected chi connectivity index (χ4v) is 2.52. The number of aryl methyl sites for hydroxylation is 1. The van der Waals surface area contributed by atoms with Crippen molar-refractivity contribution in [3.05, 3.63) is 35.7 Å². The molecule has 0 radical (unpaired) electrons. The maximum absolute atomic E-state index is 12.2. The predicted molar refractivity (Wildman–Crippen MR) is 81.3 cm³/mol. The van der Waals surface area contributed by atoms with Crippen molar-refractivity contribution in [1.82, 2.24) is 25.8 Å². The van der Waals surface area contributed by atoms with Crippen molar-refractivity contribution in [3.63, 3.8) is 0 Å². The molecule has 116 valence electrons. The highest BCUT2D eigenvalue weighted by Crippen LogP contribution is 2.16. The number of aromatic amines is 1. The van der Waals surface area contributed by atoms with Crippen LogP contribution >= 0.6 is 0 Å². The van der Waals surface area contributed by atoms with Crippen molar-refractivity contribution >= 4 is 5.91 Å². The molecule has 7 nitrogen and oxygen atoms in total. The standard InChI is InChI=1S/C15H19N5O2/c1-9-18-14(20-19-9)10-3-2-4-11(5-10)15(22)17-7-12-6-16-8-13(12)21/h2-5,12-13,16,21H,6-8H2,1H3,(H,17,22)(H,18,19,20). The second-order valence-corrected chi connectivity index (χ2v) is 5.52. The van der Waals surface area contributed by atoms with Gasteiger partial charge in [0.15, 0.2) is 5.82 Å². The molecule has 0 bridgehead atoms. The number of carbonyl (C=O) groups excluding carboxylic acids is 1. The summed E-state index contributed by atoms with van der Waals surface area (Å²) in [5, 5.41) is 22.6. The molecule has 1 aromatic heterocycles. The van der Waals surface area contributed by atoms with Crippen LogP contribution in [0.5, 0.6) is 0 Å². The number of β-amino-alcohol motifs (C(OH)–C–C–N with tert-alkyl or cyclic N) is 1. The largest absolute Gasteiger partial charge is 0.391 e. The van der Waals surface area contributed by atoms with Crippen LogP contribution in [0, 0.1) is 12.8 Å². The molecule has 1 aliphatic rings. The number of aliphatic hydroxyl groups excluding tert-OH is 1. The molecule has 4 N–H and O–H groups in total. The first kappa shape index (κ1) is 14.7. The summed E-state index contributed by atoms with van der Waals surface area (Å²) >= 11 is 0. The highest BCUT2D eigenvalue weighted by Gasteiger charge is 2.25. The molecule has 7 heteroatoms. The Morgan fingerprint density at radius 2 is 2.32 bits per heavy atom. The lowest BCUT2D eigenvalue weighted by Crippen LogP contribution is -2.34. The van der Waals surface area contributed by atoms with Crippen molar-refractivity contribution in [2.24, 2.45) is 5.92 Å². The third-order valence-electron chi connectivity index (χ3n) is 3.81. The Labute approximate surface area is 128 Å². The van der Waals surface area contributed by atoms with E-state index in [-0.39, 0.29) is 11.8 Å². The van der Waals surface area contributed by atoms with Gasteiger partial charge in [0.25, 0.3) is 5.91 Å². The van der Waals surface area contributed by atoms with Crippen LogP contribution in [-0.4, -0.2) is 51.9 Å². The molecule has 2 unspecified atom stereocenters. The number of H-pyrrole nitrogens is 1. The van der Waals surface area contributed by atoms with Gasteiger partial charge in [-0.2, -0.15) is 5.10 Å². The van der Waals surface area contributed by atoms with Gasteiger partial charge in [0.1, 0.15) is 5.82 Å². The second kappa shape index (κ2) is 6.25. The lowest BCUT2D eigenvalue weighted by atomic mass is 10.1. The molecule has 1 saturated heterocycles. The van der Waals surface area contributed by atoms with E-state index in [1.54, 1.807) is 12.1 Å². The monoisotopic (exact) mass is 301 g/mol. The summed E-state index contributed by atoms with van der Waals surface area (Å²) in [4.78, 5) is 16.5. The van der Waals surface area contributed by atoms with E-state index in [1.807, 2.05) is 19.1 Å². The van der Waals surface area contributed by atoms with Gasteiger partial charge in [0.2, 0.25) is 0 Å². The number of aliphatic hydroxyl groups is 1. The Bertz CT molecular complexity index is 669. The minimum atomic E-state index is -0.400. The van der Waals surface area contributed by atoms with Gasteiger partial charge in [-0.05, 0) is 19.1 Å². The fourth-order valence-electron chi connectivity index (χ4n) is 2.52. The van der Waals surface area contributed by atoms with Crippen LogP contribution < -0.4 is 10.6 Å². The highest BCUT2D eigenvalue weighted by molar-refractivity contribution is 5.95. The lowest BCUT2D eigenvalue weighted by molar-refractivity contribution is 0.0927. The smallest absolute Gasteiger partial charge is 0.251 e. The number of nitrogens with one attached hydrogen (secondary N) is 3. The number of benzene rings is 1. The summed E-state index contributed by atoms with van der Waals surface area (Å²) in [6.45, 7) is 3.59. The molecule has 1 aliphatic heterocycles. The summed E-state index contributed by atoms with van der Waals surface area (Å²) < 4.78 is 0. The Kier molecular flexibility index (Phi) is 4.17. The van der Waals surface area contributed by atoms with Crippen molar-refractivity contribution in [1.29, 1.82) is 0 Å². The summed E-state index contributed by atoms with van der Waals surface area (Å²) in [5.74, 6) is 1.20. The first-order chi connectivity index (χ1) is 10.6. The average molecular weight is 301 g/mol. The normalized spacial score (nSPS) is 21.0. The van der Waals surface area contributed by atoms with Crippen LogP contribution in [0.4, 0.5) is 0 Å². The van der Waals surface area contributed by atoms with Crippen molar-refractivity contribution < 1.29 is 9.90 Å². The minimum absolute atomic E-state index is 0.0581.